The molecule has 0 bridgehead atoms. The normalized spacial score (nSPS) is 10.8. The lowest BCUT2D eigenvalue weighted by Gasteiger charge is -1.97. The van der Waals surface area contributed by atoms with Crippen molar-refractivity contribution in [1.82, 2.24) is 9.38 Å². The summed E-state index contributed by atoms with van der Waals surface area (Å²) in [6.45, 7) is 0. The van der Waals surface area contributed by atoms with Crippen LogP contribution in [-0.4, -0.2) is 9.38 Å². The molecular weight excluding hydrogens is 178 g/mol. The number of hydrogen-bond acceptors (Lipinski definition) is 3. The molecule has 0 spiro atoms. The van der Waals surface area contributed by atoms with Gasteiger partial charge in [-0.05, 0) is 12.1 Å². The number of hydrogen-bond donors (Lipinski definition) is 0. The molecule has 3 heterocycles. The van der Waals surface area contributed by atoms with Crippen LogP contribution in [0, 0.1) is 11.3 Å². The summed E-state index contributed by atoms with van der Waals surface area (Å²) < 4.78 is 7.01. The van der Waals surface area contributed by atoms with Gasteiger partial charge >= 0.3 is 0 Å². The van der Waals surface area contributed by atoms with Gasteiger partial charge in [-0.25, -0.2) is 4.98 Å². The van der Waals surface area contributed by atoms with Gasteiger partial charge in [0, 0.05) is 12.3 Å². The fourth-order valence-electron chi connectivity index (χ4n) is 1.58. The third-order valence-electron chi connectivity index (χ3n) is 2.18. The van der Waals surface area contributed by atoms with Gasteiger partial charge in [0.25, 0.3) is 0 Å². The predicted molar refractivity (Wildman–Crippen MR) is 49.7 cm³/mol. The van der Waals surface area contributed by atoms with Gasteiger partial charge in [-0.1, -0.05) is 0 Å². The van der Waals surface area contributed by atoms with E-state index in [2.05, 4.69) is 4.98 Å². The smallest absolute Gasteiger partial charge is 0.218 e. The van der Waals surface area contributed by atoms with E-state index >= 15 is 0 Å². The third-order valence-corrected chi connectivity index (χ3v) is 2.18. The van der Waals surface area contributed by atoms with E-state index in [0.717, 1.165) is 5.52 Å². The van der Waals surface area contributed by atoms with Crippen molar-refractivity contribution in [3.63, 3.8) is 0 Å². The zero-order chi connectivity index (χ0) is 9.54. The average molecular weight is 183 g/mol. The zero-order valence-corrected chi connectivity index (χ0v) is 7.14. The van der Waals surface area contributed by atoms with E-state index in [1.54, 1.807) is 22.9 Å². The Labute approximate surface area is 79.0 Å². The maximum atomic E-state index is 8.89. The van der Waals surface area contributed by atoms with Crippen molar-refractivity contribution >= 4 is 16.6 Å². The molecule has 3 aromatic heterocycles. The Morgan fingerprint density at radius 1 is 1.43 bits per heavy atom. The molecule has 0 fully saturated rings. The molecule has 0 aliphatic carbocycles. The van der Waals surface area contributed by atoms with Crippen molar-refractivity contribution < 1.29 is 4.42 Å². The molecule has 66 valence electrons. The Hall–Kier alpha value is -2.28. The number of nitriles is 1. The fraction of sp³-hybridized carbons (Fsp3) is 0. The lowest BCUT2D eigenvalue weighted by atomic mass is 10.4. The highest BCUT2D eigenvalue weighted by Gasteiger charge is 2.08. The molecule has 0 aliphatic rings. The van der Waals surface area contributed by atoms with Gasteiger partial charge in [-0.15, -0.1) is 0 Å². The minimum Gasteiger partial charge on any atom is -0.460 e. The molecule has 0 atom stereocenters. The Morgan fingerprint density at radius 2 is 2.36 bits per heavy atom. The lowest BCUT2D eigenvalue weighted by Crippen LogP contribution is -1.94. The summed E-state index contributed by atoms with van der Waals surface area (Å²) in [7, 11) is 0. The van der Waals surface area contributed by atoms with Gasteiger partial charge in [-0.2, -0.15) is 5.26 Å². The van der Waals surface area contributed by atoms with Crippen molar-refractivity contribution in [2.45, 2.75) is 0 Å². The van der Waals surface area contributed by atoms with Gasteiger partial charge in [0.15, 0.2) is 5.58 Å². The summed E-state index contributed by atoms with van der Waals surface area (Å²) in [5.41, 5.74) is 2.30. The first kappa shape index (κ1) is 7.15. The van der Waals surface area contributed by atoms with Crippen molar-refractivity contribution in [2.75, 3.05) is 0 Å². The van der Waals surface area contributed by atoms with E-state index in [0.29, 0.717) is 16.9 Å². The molecule has 3 rings (SSSR count). The monoisotopic (exact) mass is 183 g/mol. The van der Waals surface area contributed by atoms with Crippen LogP contribution in [-0.2, 0) is 0 Å². The minimum atomic E-state index is 0.374. The summed E-state index contributed by atoms with van der Waals surface area (Å²) in [5.74, 6) is 0.374. The molecule has 0 saturated carbocycles. The summed E-state index contributed by atoms with van der Waals surface area (Å²) in [6, 6.07) is 7.56. The topological polar surface area (TPSA) is 54.2 Å². The Morgan fingerprint density at radius 3 is 3.21 bits per heavy atom. The minimum absolute atomic E-state index is 0.374. The zero-order valence-electron chi connectivity index (χ0n) is 7.14. The second-order valence-corrected chi connectivity index (χ2v) is 2.95. The molecule has 3 aromatic rings. The number of aromatic nitrogens is 2. The molecule has 4 heteroatoms. The van der Waals surface area contributed by atoms with E-state index < -0.39 is 0 Å². The first-order valence-corrected chi connectivity index (χ1v) is 4.14. The highest BCUT2D eigenvalue weighted by atomic mass is 16.3. The van der Waals surface area contributed by atoms with Crippen LogP contribution >= 0.6 is 0 Å². The van der Waals surface area contributed by atoms with Gasteiger partial charge in [-0.3, -0.25) is 4.40 Å². The lowest BCUT2D eigenvalue weighted by molar-refractivity contribution is 0.617. The van der Waals surface area contributed by atoms with E-state index in [1.807, 2.05) is 18.2 Å². The van der Waals surface area contributed by atoms with Gasteiger partial charge in [0.1, 0.15) is 11.6 Å². The fourth-order valence-corrected chi connectivity index (χ4v) is 1.58. The van der Waals surface area contributed by atoms with E-state index in [9.17, 15) is 0 Å². The molecule has 4 nitrogen and oxygen atoms in total. The van der Waals surface area contributed by atoms with Gasteiger partial charge in [0.05, 0.1) is 11.8 Å². The van der Waals surface area contributed by atoms with Crippen LogP contribution in [0.2, 0.25) is 0 Å². The van der Waals surface area contributed by atoms with Crippen molar-refractivity contribution in [2.24, 2.45) is 0 Å². The molecule has 0 amide bonds. The number of fused-ring (bicyclic) bond motifs is 3. The Bertz CT molecular complexity index is 657. The first-order chi connectivity index (χ1) is 6.90. The molecule has 14 heavy (non-hydrogen) atoms. The summed E-state index contributed by atoms with van der Waals surface area (Å²) >= 11 is 0. The van der Waals surface area contributed by atoms with Crippen LogP contribution < -0.4 is 0 Å². The molecule has 0 aliphatic heterocycles. The predicted octanol–water partition coefficient (Wildman–Crippen LogP) is 1.95. The van der Waals surface area contributed by atoms with E-state index in [-0.39, 0.29) is 0 Å². The molecule has 0 unspecified atom stereocenters. The maximum absolute atomic E-state index is 8.89. The van der Waals surface area contributed by atoms with Crippen LogP contribution in [0.1, 0.15) is 5.82 Å². The molecule has 0 radical (unpaired) electrons. The van der Waals surface area contributed by atoms with Crippen molar-refractivity contribution in [3.05, 3.63) is 36.5 Å². The van der Waals surface area contributed by atoms with Gasteiger partial charge in [0.2, 0.25) is 5.82 Å². The van der Waals surface area contributed by atoms with Gasteiger partial charge < -0.3 is 4.42 Å². The first-order valence-electron chi connectivity index (χ1n) is 4.14. The van der Waals surface area contributed by atoms with Crippen LogP contribution in [0.5, 0.6) is 0 Å². The highest BCUT2D eigenvalue weighted by molar-refractivity contribution is 5.88. The van der Waals surface area contributed by atoms with Crippen molar-refractivity contribution in [1.29, 1.82) is 5.26 Å². The van der Waals surface area contributed by atoms with E-state index in [4.69, 9.17) is 9.68 Å². The Kier molecular flexibility index (Phi) is 1.21. The third kappa shape index (κ3) is 0.735. The average Bonchev–Trinajstić information content (AvgIpc) is 2.83. The van der Waals surface area contributed by atoms with E-state index in [1.165, 1.54) is 0 Å². The Balaban J connectivity index is 2.67. The maximum Gasteiger partial charge on any atom is 0.218 e. The molecule has 0 aromatic carbocycles. The summed E-state index contributed by atoms with van der Waals surface area (Å²) in [4.78, 5) is 4.16. The largest absolute Gasteiger partial charge is 0.460 e. The van der Waals surface area contributed by atoms with Crippen LogP contribution in [0.3, 0.4) is 0 Å². The van der Waals surface area contributed by atoms with Crippen molar-refractivity contribution in [3.8, 4) is 6.07 Å². The van der Waals surface area contributed by atoms with Crippen LogP contribution in [0.25, 0.3) is 16.6 Å². The summed E-state index contributed by atoms with van der Waals surface area (Å²) in [6.07, 6.45) is 3.37. The summed E-state index contributed by atoms with van der Waals surface area (Å²) in [5, 5.41) is 8.89. The number of rotatable bonds is 0. The molecular formula is C10H5N3O. The number of furan rings is 1. The number of nitrogens with zero attached hydrogens (tertiary/aromatic N) is 3. The quantitative estimate of drug-likeness (QED) is 0.535. The second-order valence-electron chi connectivity index (χ2n) is 2.95. The van der Waals surface area contributed by atoms with Crippen LogP contribution in [0.4, 0.5) is 0 Å². The van der Waals surface area contributed by atoms with Crippen LogP contribution in [0.15, 0.2) is 35.1 Å². The standard InChI is InChI=1S/C10H5N3O/c11-6-9-12-7-3-5-14-10(7)8-2-1-4-13(8)9/h1-5H. The molecule has 0 N–H and O–H groups in total. The SMILES string of the molecule is N#Cc1nc2ccoc2c2cccn12. The second kappa shape index (κ2) is 2.36. The molecule has 0 saturated heterocycles. The highest BCUT2D eigenvalue weighted by Crippen LogP contribution is 2.20.